The summed E-state index contributed by atoms with van der Waals surface area (Å²) in [7, 11) is -3.09. The van der Waals surface area contributed by atoms with Crippen molar-refractivity contribution in [2.75, 3.05) is 7.11 Å². The quantitative estimate of drug-likeness (QED) is 0.139. The molecule has 36 heavy (non-hydrogen) atoms. The van der Waals surface area contributed by atoms with Gasteiger partial charge in [0.2, 0.25) is 0 Å². The van der Waals surface area contributed by atoms with Crippen LogP contribution in [0.25, 0.3) is 0 Å². The Balaban J connectivity index is 3.63. The number of carbonyl (C=O) groups is 2. The molecule has 0 aliphatic carbocycles. The van der Waals surface area contributed by atoms with Gasteiger partial charge in [-0.2, -0.15) is 0 Å². The van der Waals surface area contributed by atoms with Crippen molar-refractivity contribution >= 4 is 28.4 Å². The first-order chi connectivity index (χ1) is 16.1. The highest BCUT2D eigenvalue weighted by Gasteiger charge is 2.55. The van der Waals surface area contributed by atoms with Crippen LogP contribution in [0.4, 0.5) is 0 Å². The molecule has 7 nitrogen and oxygen atoms in total. The summed E-state index contributed by atoms with van der Waals surface area (Å²) in [6.07, 6.45) is -1.52. The monoisotopic (exact) mass is 544 g/mol. The van der Waals surface area contributed by atoms with Crippen molar-refractivity contribution in [2.45, 2.75) is 136 Å². The van der Waals surface area contributed by atoms with E-state index in [-0.39, 0.29) is 28.4 Å². The van der Waals surface area contributed by atoms with Crippen LogP contribution in [-0.2, 0) is 32.7 Å². The predicted octanol–water partition coefficient (Wildman–Crippen LogP) is 6.24. The second-order valence-electron chi connectivity index (χ2n) is 13.4. The predicted molar refractivity (Wildman–Crippen MR) is 149 cm³/mol. The Bertz CT molecular complexity index is 797. The number of hydrogen-bond donors (Lipinski definition) is 0. The number of hydrogen-bond acceptors (Lipinski definition) is 7. The topological polar surface area (TPSA) is 80.3 Å². The number of rotatable bonds is 10. The molecule has 0 amide bonds. The van der Waals surface area contributed by atoms with Crippen molar-refractivity contribution in [1.82, 2.24) is 0 Å². The minimum atomic E-state index is -2.35. The summed E-state index contributed by atoms with van der Waals surface area (Å²) >= 11 is 0. The number of ether oxygens (including phenoxy) is 3. The van der Waals surface area contributed by atoms with Gasteiger partial charge in [0.05, 0.1) is 12.2 Å². The van der Waals surface area contributed by atoms with Crippen LogP contribution in [0.15, 0.2) is 12.7 Å². The first-order valence-electron chi connectivity index (χ1n) is 12.9. The van der Waals surface area contributed by atoms with E-state index in [1.165, 1.54) is 14.0 Å². The molecular weight excluding hydrogens is 492 g/mol. The molecule has 0 bridgehead atoms. The smallest absolute Gasteiger partial charge is 0.320 e. The molecule has 9 heteroatoms. The van der Waals surface area contributed by atoms with Crippen LogP contribution < -0.4 is 0 Å². The molecule has 0 unspecified atom stereocenters. The highest BCUT2D eigenvalue weighted by Crippen LogP contribution is 2.44. The fourth-order valence-electron chi connectivity index (χ4n) is 3.53. The fourth-order valence-corrected chi connectivity index (χ4v) is 6.19. The molecule has 0 radical (unpaired) electrons. The Kier molecular flexibility index (Phi) is 10.6. The zero-order chi connectivity index (χ0) is 28.5. The van der Waals surface area contributed by atoms with Crippen LogP contribution in [0.1, 0.15) is 68.7 Å². The minimum absolute atomic E-state index is 0.0459. The van der Waals surface area contributed by atoms with E-state index in [9.17, 15) is 9.59 Å². The Hall–Kier alpha value is -0.846. The van der Waals surface area contributed by atoms with Crippen molar-refractivity contribution in [3.63, 3.8) is 0 Å². The van der Waals surface area contributed by atoms with E-state index in [1.54, 1.807) is 13.0 Å². The van der Waals surface area contributed by atoms with Gasteiger partial charge in [0, 0.05) is 7.11 Å². The summed E-state index contributed by atoms with van der Waals surface area (Å²) in [6.45, 7) is 30.4. The van der Waals surface area contributed by atoms with E-state index >= 15 is 0 Å². The Labute approximate surface area is 221 Å². The maximum Gasteiger partial charge on any atom is 0.320 e. The molecule has 0 aromatic carbocycles. The summed E-state index contributed by atoms with van der Waals surface area (Å²) < 4.78 is 31.8. The lowest BCUT2D eigenvalue weighted by atomic mass is 9.83. The van der Waals surface area contributed by atoms with Crippen molar-refractivity contribution < 1.29 is 32.7 Å². The molecule has 0 aromatic heterocycles. The van der Waals surface area contributed by atoms with Gasteiger partial charge in [-0.05, 0) is 63.5 Å². The minimum Gasteiger partial charge on any atom is -0.453 e. The third-order valence-corrected chi connectivity index (χ3v) is 17.4. The van der Waals surface area contributed by atoms with Crippen LogP contribution in [0, 0.1) is 5.41 Å². The zero-order valence-corrected chi connectivity index (χ0v) is 27.2. The maximum absolute atomic E-state index is 13.5. The zero-order valence-electron chi connectivity index (χ0n) is 25.2. The second-order valence-corrected chi connectivity index (χ2v) is 22.9. The molecule has 1 aliphatic rings. The van der Waals surface area contributed by atoms with E-state index in [0.717, 1.165) is 0 Å². The molecule has 1 saturated heterocycles. The van der Waals surface area contributed by atoms with E-state index in [0.29, 0.717) is 0 Å². The summed E-state index contributed by atoms with van der Waals surface area (Å²) in [5.74, 6) is -0.933. The number of carbonyl (C=O) groups excluding carboxylic acids is 2. The lowest BCUT2D eigenvalue weighted by molar-refractivity contribution is -0.286. The van der Waals surface area contributed by atoms with Crippen molar-refractivity contribution in [2.24, 2.45) is 5.41 Å². The summed E-state index contributed by atoms with van der Waals surface area (Å²) in [4.78, 5) is 26.0. The largest absolute Gasteiger partial charge is 0.453 e. The SMILES string of the molecule is C=CC[C@@](C)(C(C)=O)C(=O)O[C@H]1[C@@H](OC)O[C@H](C)[C@@H](O[Si](C)(C)C(C)(C)C)[C@@H]1O[Si](C)(C)C(C)(C)C. The van der Waals surface area contributed by atoms with Gasteiger partial charge in [-0.1, -0.05) is 47.6 Å². The van der Waals surface area contributed by atoms with Crippen LogP contribution in [0.2, 0.25) is 36.3 Å². The molecule has 0 saturated carbocycles. The van der Waals surface area contributed by atoms with Crippen molar-refractivity contribution in [3.8, 4) is 0 Å². The molecule has 6 atom stereocenters. The van der Waals surface area contributed by atoms with E-state index in [4.69, 9.17) is 23.1 Å². The number of ketones is 1. The fraction of sp³-hybridized carbons (Fsp3) is 0.852. The molecule has 1 rings (SSSR count). The molecule has 0 spiro atoms. The van der Waals surface area contributed by atoms with Gasteiger partial charge in [0.25, 0.3) is 0 Å². The van der Waals surface area contributed by atoms with Crippen LogP contribution >= 0.6 is 0 Å². The molecule has 1 fully saturated rings. The molecule has 1 heterocycles. The van der Waals surface area contributed by atoms with E-state index < -0.39 is 52.6 Å². The Morgan fingerprint density at radius 3 is 1.69 bits per heavy atom. The molecular formula is C27H52O7Si2. The second kappa shape index (κ2) is 11.5. The van der Waals surface area contributed by atoms with Crippen LogP contribution in [0.5, 0.6) is 0 Å². The van der Waals surface area contributed by atoms with Crippen LogP contribution in [0.3, 0.4) is 0 Å². The van der Waals surface area contributed by atoms with Gasteiger partial charge in [0.15, 0.2) is 29.0 Å². The summed E-state index contributed by atoms with van der Waals surface area (Å²) in [5.41, 5.74) is -1.36. The summed E-state index contributed by atoms with van der Waals surface area (Å²) in [6, 6.07) is 0. The summed E-state index contributed by atoms with van der Waals surface area (Å²) in [5, 5.41) is -0.139. The highest BCUT2D eigenvalue weighted by molar-refractivity contribution is 6.74. The van der Waals surface area contributed by atoms with Gasteiger partial charge in [0.1, 0.15) is 17.3 Å². The Morgan fingerprint density at radius 2 is 1.33 bits per heavy atom. The van der Waals surface area contributed by atoms with Gasteiger partial charge in [-0.3, -0.25) is 9.59 Å². The normalized spacial score (nSPS) is 27.8. The van der Waals surface area contributed by atoms with Gasteiger partial charge in [-0.15, -0.1) is 6.58 Å². The Morgan fingerprint density at radius 1 is 0.889 bits per heavy atom. The molecule has 1 aliphatic heterocycles. The lowest BCUT2D eigenvalue weighted by Crippen LogP contribution is -2.66. The first kappa shape index (κ1) is 33.2. The number of esters is 1. The molecule has 0 N–H and O–H groups in total. The van der Waals surface area contributed by atoms with Gasteiger partial charge < -0.3 is 23.1 Å². The maximum atomic E-state index is 13.5. The van der Waals surface area contributed by atoms with E-state index in [2.05, 4.69) is 74.3 Å². The van der Waals surface area contributed by atoms with Crippen molar-refractivity contribution in [3.05, 3.63) is 12.7 Å². The van der Waals surface area contributed by atoms with Gasteiger partial charge in [-0.25, -0.2) is 0 Å². The lowest BCUT2D eigenvalue weighted by Gasteiger charge is -2.52. The van der Waals surface area contributed by atoms with Crippen molar-refractivity contribution in [1.29, 1.82) is 0 Å². The highest BCUT2D eigenvalue weighted by atomic mass is 28.4. The number of allylic oxidation sites excluding steroid dienone is 1. The average Bonchev–Trinajstić information content (AvgIpc) is 2.70. The van der Waals surface area contributed by atoms with Gasteiger partial charge >= 0.3 is 5.97 Å². The number of Topliss-reactive ketones (excluding diaryl/α,β-unsaturated/α-hetero) is 1. The third kappa shape index (κ3) is 7.17. The standard InChI is InChI=1S/C27H52O7Si2/c1-16-17-27(10,19(3)28)24(29)32-22-21(34-36(14,15)26(7,8)9)20(18(2)31-23(22)30-11)33-35(12,13)25(4,5)6/h16,18,20-23H,1,17H2,2-15H3/t18-,20-,21+,22-,23+,27+/m1/s1. The van der Waals surface area contributed by atoms with E-state index in [1.807, 2.05) is 6.92 Å². The molecule has 0 aromatic rings. The average molecular weight is 545 g/mol. The van der Waals surface area contributed by atoms with Crippen LogP contribution in [-0.4, -0.2) is 66.2 Å². The molecule has 210 valence electrons. The number of methoxy groups -OCH3 is 1. The first-order valence-corrected chi connectivity index (χ1v) is 18.7. The third-order valence-electron chi connectivity index (χ3n) is 8.46.